The zero-order valence-electron chi connectivity index (χ0n) is 15.1. The van der Waals surface area contributed by atoms with Crippen molar-refractivity contribution in [2.75, 3.05) is 12.4 Å². The number of rotatable bonds is 4. The van der Waals surface area contributed by atoms with E-state index in [4.69, 9.17) is 16.3 Å². The molecule has 0 fully saturated rings. The highest BCUT2D eigenvalue weighted by Crippen LogP contribution is 2.47. The molecule has 1 aromatic heterocycles. The summed E-state index contributed by atoms with van der Waals surface area (Å²) in [5, 5.41) is 4.32. The summed E-state index contributed by atoms with van der Waals surface area (Å²) in [7, 11) is -2.41. The van der Waals surface area contributed by atoms with Gasteiger partial charge >= 0.3 is 0 Å². The molecule has 1 N–H and O–H groups in total. The van der Waals surface area contributed by atoms with Crippen LogP contribution < -0.4 is 10.1 Å². The van der Waals surface area contributed by atoms with E-state index >= 15 is 0 Å². The fraction of sp³-hybridized carbons (Fsp3) is 0.150. The summed E-state index contributed by atoms with van der Waals surface area (Å²) in [5.74, 6) is -1.06. The standard InChI is InChI=1S/C20H15ClFNO4S2/c1-27-11-5-7-12(8-6-11)29(25,26)16-10-28-20-13(9-17(24)23-19(16)20)18-14(21)3-2-4-15(18)22/h2-8,10,13H,9H2,1H3,(H,23,24). The summed E-state index contributed by atoms with van der Waals surface area (Å²) in [5.41, 5.74) is 0.381. The summed E-state index contributed by atoms with van der Waals surface area (Å²) in [6, 6.07) is 10.3. The first-order valence-corrected chi connectivity index (χ1v) is 11.3. The Kier molecular flexibility index (Phi) is 5.10. The summed E-state index contributed by atoms with van der Waals surface area (Å²) in [6.45, 7) is 0. The van der Waals surface area contributed by atoms with Crippen molar-refractivity contribution < 1.29 is 22.3 Å². The van der Waals surface area contributed by atoms with Crippen LogP contribution in [0, 0.1) is 5.82 Å². The van der Waals surface area contributed by atoms with Crippen molar-refractivity contribution in [3.05, 3.63) is 69.1 Å². The average molecular weight is 452 g/mol. The number of amides is 1. The number of hydrogen-bond donors (Lipinski definition) is 1. The monoisotopic (exact) mass is 451 g/mol. The molecule has 0 spiro atoms. The predicted molar refractivity (Wildman–Crippen MR) is 109 cm³/mol. The molecule has 2 aromatic carbocycles. The Labute approximate surface area is 176 Å². The van der Waals surface area contributed by atoms with Crippen LogP contribution in [0.4, 0.5) is 10.1 Å². The van der Waals surface area contributed by atoms with Gasteiger partial charge in [0.15, 0.2) is 0 Å². The number of thiophene rings is 1. The van der Waals surface area contributed by atoms with E-state index in [0.717, 1.165) is 11.3 Å². The van der Waals surface area contributed by atoms with E-state index in [-0.39, 0.29) is 32.5 Å². The maximum Gasteiger partial charge on any atom is 0.225 e. The highest BCUT2D eigenvalue weighted by atomic mass is 35.5. The molecule has 1 atom stereocenters. The normalized spacial score (nSPS) is 16.2. The number of carbonyl (C=O) groups is 1. The number of halogens is 2. The van der Waals surface area contributed by atoms with Crippen LogP contribution in [0.5, 0.6) is 5.75 Å². The summed E-state index contributed by atoms with van der Waals surface area (Å²) in [6.07, 6.45) is -0.0177. The molecule has 1 aliphatic heterocycles. The van der Waals surface area contributed by atoms with Crippen LogP contribution in [0.25, 0.3) is 0 Å². The van der Waals surface area contributed by atoms with Crippen molar-refractivity contribution >= 4 is 44.4 Å². The Balaban J connectivity index is 1.84. The quantitative estimate of drug-likeness (QED) is 0.615. The molecule has 0 saturated carbocycles. The number of fused-ring (bicyclic) bond motifs is 1. The van der Waals surface area contributed by atoms with Gasteiger partial charge in [0.25, 0.3) is 0 Å². The van der Waals surface area contributed by atoms with Crippen LogP contribution >= 0.6 is 22.9 Å². The molecule has 3 aromatic rings. The lowest BCUT2D eigenvalue weighted by Gasteiger charge is -2.24. The Bertz CT molecular complexity index is 1190. The van der Waals surface area contributed by atoms with Crippen LogP contribution in [0.15, 0.2) is 57.6 Å². The van der Waals surface area contributed by atoms with Gasteiger partial charge in [0.1, 0.15) is 16.5 Å². The molecule has 2 heterocycles. The first kappa shape index (κ1) is 19.9. The minimum atomic E-state index is -3.90. The fourth-order valence-electron chi connectivity index (χ4n) is 3.36. The van der Waals surface area contributed by atoms with Gasteiger partial charge in [-0.3, -0.25) is 4.79 Å². The molecule has 1 unspecified atom stereocenters. The lowest BCUT2D eigenvalue weighted by atomic mass is 9.90. The van der Waals surface area contributed by atoms with Gasteiger partial charge in [-0.25, -0.2) is 12.8 Å². The fourth-order valence-corrected chi connectivity index (χ4v) is 6.55. The van der Waals surface area contributed by atoms with Crippen LogP contribution in [0.1, 0.15) is 22.8 Å². The van der Waals surface area contributed by atoms with Gasteiger partial charge in [0, 0.05) is 33.2 Å². The summed E-state index contributed by atoms with van der Waals surface area (Å²) < 4.78 is 45.9. The topological polar surface area (TPSA) is 72.5 Å². The molecule has 5 nitrogen and oxygen atoms in total. The van der Waals surface area contributed by atoms with Crippen molar-refractivity contribution in [1.82, 2.24) is 0 Å². The van der Waals surface area contributed by atoms with Crippen molar-refractivity contribution in [2.45, 2.75) is 22.1 Å². The Morgan fingerprint density at radius 1 is 1.21 bits per heavy atom. The van der Waals surface area contributed by atoms with Crippen LogP contribution in [-0.4, -0.2) is 21.4 Å². The van der Waals surface area contributed by atoms with Crippen LogP contribution in [0.2, 0.25) is 5.02 Å². The molecule has 150 valence electrons. The Morgan fingerprint density at radius 3 is 2.59 bits per heavy atom. The number of carbonyl (C=O) groups excluding carboxylic acids is 1. The van der Waals surface area contributed by atoms with E-state index in [1.807, 2.05) is 0 Å². The van der Waals surface area contributed by atoms with Gasteiger partial charge in [0.05, 0.1) is 17.7 Å². The maximum atomic E-state index is 14.5. The number of methoxy groups -OCH3 is 1. The van der Waals surface area contributed by atoms with Gasteiger partial charge in [-0.1, -0.05) is 17.7 Å². The third-order valence-corrected chi connectivity index (χ3v) is 8.13. The van der Waals surface area contributed by atoms with Gasteiger partial charge in [-0.15, -0.1) is 11.3 Å². The maximum absolute atomic E-state index is 14.5. The first-order chi connectivity index (χ1) is 13.8. The third-order valence-electron chi connectivity index (χ3n) is 4.76. The molecule has 1 aliphatic rings. The number of benzene rings is 2. The van der Waals surface area contributed by atoms with Crippen molar-refractivity contribution in [2.24, 2.45) is 0 Å². The van der Waals surface area contributed by atoms with Crippen LogP contribution in [0.3, 0.4) is 0 Å². The second kappa shape index (κ2) is 7.44. The molecule has 1 amide bonds. The highest BCUT2D eigenvalue weighted by Gasteiger charge is 2.36. The number of hydrogen-bond acceptors (Lipinski definition) is 5. The molecular weight excluding hydrogens is 437 g/mol. The van der Waals surface area contributed by atoms with Gasteiger partial charge in [0.2, 0.25) is 15.7 Å². The third kappa shape index (κ3) is 3.41. The van der Waals surface area contributed by atoms with E-state index in [9.17, 15) is 17.6 Å². The SMILES string of the molecule is COc1ccc(S(=O)(=O)c2csc3c2NC(=O)CC3c2c(F)cccc2Cl)cc1. The van der Waals surface area contributed by atoms with Gasteiger partial charge in [-0.05, 0) is 36.4 Å². The zero-order chi connectivity index (χ0) is 20.8. The first-order valence-electron chi connectivity index (χ1n) is 8.57. The van der Waals surface area contributed by atoms with Gasteiger partial charge < -0.3 is 10.1 Å². The Hall–Kier alpha value is -2.42. The van der Waals surface area contributed by atoms with Gasteiger partial charge in [-0.2, -0.15) is 0 Å². The molecule has 0 radical (unpaired) electrons. The molecule has 0 saturated heterocycles. The number of anilines is 1. The number of nitrogens with one attached hydrogen (secondary N) is 1. The Morgan fingerprint density at radius 2 is 1.93 bits per heavy atom. The van der Waals surface area contributed by atoms with E-state index < -0.39 is 27.5 Å². The minimum Gasteiger partial charge on any atom is -0.497 e. The van der Waals surface area contributed by atoms with E-state index in [1.54, 1.807) is 18.2 Å². The molecule has 0 bridgehead atoms. The largest absolute Gasteiger partial charge is 0.497 e. The molecule has 0 aliphatic carbocycles. The van der Waals surface area contributed by atoms with Crippen LogP contribution in [-0.2, 0) is 14.6 Å². The molecular formula is C20H15ClFNO4S2. The smallest absolute Gasteiger partial charge is 0.225 e. The number of sulfone groups is 1. The van der Waals surface area contributed by atoms with E-state index in [0.29, 0.717) is 10.6 Å². The minimum absolute atomic E-state index is 0.0177. The molecule has 29 heavy (non-hydrogen) atoms. The molecule has 9 heteroatoms. The predicted octanol–water partition coefficient (Wildman–Crippen LogP) is 4.86. The van der Waals surface area contributed by atoms with Crippen molar-refractivity contribution in [3.8, 4) is 5.75 Å². The summed E-state index contributed by atoms with van der Waals surface area (Å²) in [4.78, 5) is 13.0. The zero-order valence-corrected chi connectivity index (χ0v) is 17.5. The van der Waals surface area contributed by atoms with E-state index in [1.165, 1.54) is 36.8 Å². The lowest BCUT2D eigenvalue weighted by molar-refractivity contribution is -0.116. The summed E-state index contributed by atoms with van der Waals surface area (Å²) >= 11 is 7.36. The lowest BCUT2D eigenvalue weighted by Crippen LogP contribution is -2.24. The van der Waals surface area contributed by atoms with Crippen molar-refractivity contribution in [1.29, 1.82) is 0 Å². The van der Waals surface area contributed by atoms with Crippen molar-refractivity contribution in [3.63, 3.8) is 0 Å². The number of ether oxygens (including phenoxy) is 1. The molecule has 4 rings (SSSR count). The second-order valence-electron chi connectivity index (χ2n) is 6.46. The average Bonchev–Trinajstić information content (AvgIpc) is 3.12. The second-order valence-corrected chi connectivity index (χ2v) is 9.69. The highest BCUT2D eigenvalue weighted by molar-refractivity contribution is 7.91. The van der Waals surface area contributed by atoms with E-state index in [2.05, 4.69) is 5.32 Å².